The van der Waals surface area contributed by atoms with Crippen LogP contribution in [0.5, 0.6) is 0 Å². The van der Waals surface area contributed by atoms with E-state index in [-0.39, 0.29) is 5.56 Å². The number of nitrogens with zero attached hydrogens (tertiary/aromatic N) is 2. The molecule has 0 radical (unpaired) electrons. The fourth-order valence-corrected chi connectivity index (χ4v) is 2.08. The van der Waals surface area contributed by atoms with Crippen molar-refractivity contribution in [1.29, 1.82) is 0 Å². The standard InChI is InChI=1S/C13H19FN4O/c1-9-7-10(15)8-11(12(9)14)13(19)16-18-5-3-17(2)4-6-18/h7-8H,3-6,15H2,1-2H3,(H,16,19). The van der Waals surface area contributed by atoms with Crippen LogP contribution in [0.2, 0.25) is 0 Å². The van der Waals surface area contributed by atoms with Gasteiger partial charge < -0.3 is 10.6 Å². The fraction of sp³-hybridized carbons (Fsp3) is 0.462. The second-order valence-electron chi connectivity index (χ2n) is 4.93. The summed E-state index contributed by atoms with van der Waals surface area (Å²) < 4.78 is 13.9. The number of amides is 1. The maximum absolute atomic E-state index is 13.9. The molecule has 0 aromatic heterocycles. The monoisotopic (exact) mass is 266 g/mol. The lowest BCUT2D eigenvalue weighted by molar-refractivity contribution is 0.0658. The number of aryl methyl sites for hydroxylation is 1. The van der Waals surface area contributed by atoms with E-state index in [1.807, 2.05) is 7.05 Å². The Morgan fingerprint density at radius 3 is 2.58 bits per heavy atom. The highest BCUT2D eigenvalue weighted by Gasteiger charge is 2.19. The molecule has 3 N–H and O–H groups in total. The molecule has 1 aliphatic rings. The highest BCUT2D eigenvalue weighted by Crippen LogP contribution is 2.17. The van der Waals surface area contributed by atoms with Crippen molar-refractivity contribution < 1.29 is 9.18 Å². The molecule has 1 aromatic carbocycles. The van der Waals surface area contributed by atoms with Gasteiger partial charge in [-0.05, 0) is 31.7 Å². The summed E-state index contributed by atoms with van der Waals surface area (Å²) >= 11 is 0. The van der Waals surface area contributed by atoms with Crippen molar-refractivity contribution in [3.05, 3.63) is 29.1 Å². The molecule has 19 heavy (non-hydrogen) atoms. The Kier molecular flexibility index (Phi) is 4.01. The molecule has 6 heteroatoms. The summed E-state index contributed by atoms with van der Waals surface area (Å²) in [6.45, 7) is 4.80. The number of nitrogens with two attached hydrogens (primary N) is 1. The first-order chi connectivity index (χ1) is 8.97. The second kappa shape index (κ2) is 5.54. The van der Waals surface area contributed by atoms with Crippen LogP contribution >= 0.6 is 0 Å². The van der Waals surface area contributed by atoms with Gasteiger partial charge in [0.2, 0.25) is 0 Å². The van der Waals surface area contributed by atoms with E-state index in [0.717, 1.165) is 26.2 Å². The smallest absolute Gasteiger partial charge is 0.268 e. The van der Waals surface area contributed by atoms with E-state index in [1.165, 1.54) is 12.1 Å². The molecule has 1 saturated heterocycles. The molecule has 1 amide bonds. The Bertz CT molecular complexity index is 484. The molecular weight excluding hydrogens is 247 g/mol. The van der Waals surface area contributed by atoms with Gasteiger partial charge >= 0.3 is 0 Å². The fourth-order valence-electron chi connectivity index (χ4n) is 2.08. The molecule has 0 spiro atoms. The molecule has 0 atom stereocenters. The number of benzene rings is 1. The molecule has 1 aliphatic heterocycles. The Morgan fingerprint density at radius 2 is 1.95 bits per heavy atom. The number of carbonyl (C=O) groups is 1. The lowest BCUT2D eigenvalue weighted by atomic mass is 10.1. The minimum Gasteiger partial charge on any atom is -0.399 e. The van der Waals surface area contributed by atoms with E-state index in [0.29, 0.717) is 11.3 Å². The van der Waals surface area contributed by atoms with Gasteiger partial charge in [0.05, 0.1) is 5.56 Å². The summed E-state index contributed by atoms with van der Waals surface area (Å²) in [5.41, 5.74) is 9.14. The van der Waals surface area contributed by atoms with Gasteiger partial charge in [0, 0.05) is 31.9 Å². The Morgan fingerprint density at radius 1 is 1.32 bits per heavy atom. The zero-order valence-corrected chi connectivity index (χ0v) is 11.2. The van der Waals surface area contributed by atoms with Crippen molar-refractivity contribution in [2.24, 2.45) is 0 Å². The molecule has 0 saturated carbocycles. The number of nitrogen functional groups attached to an aromatic ring is 1. The predicted molar refractivity (Wildman–Crippen MR) is 72.1 cm³/mol. The summed E-state index contributed by atoms with van der Waals surface area (Å²) in [4.78, 5) is 14.2. The van der Waals surface area contributed by atoms with Gasteiger partial charge in [-0.1, -0.05) is 0 Å². The molecule has 1 fully saturated rings. The van der Waals surface area contributed by atoms with E-state index in [9.17, 15) is 9.18 Å². The maximum Gasteiger partial charge on any atom is 0.268 e. The molecule has 1 aromatic rings. The SMILES string of the molecule is Cc1cc(N)cc(C(=O)NN2CCN(C)CC2)c1F. The minimum atomic E-state index is -0.513. The molecule has 0 unspecified atom stereocenters. The largest absolute Gasteiger partial charge is 0.399 e. The quantitative estimate of drug-likeness (QED) is 0.770. The number of nitrogens with one attached hydrogen (secondary N) is 1. The van der Waals surface area contributed by atoms with Gasteiger partial charge in [0.15, 0.2) is 0 Å². The average Bonchev–Trinajstić information content (AvgIpc) is 2.36. The number of hydrazine groups is 1. The van der Waals surface area contributed by atoms with Crippen molar-refractivity contribution in [2.45, 2.75) is 6.92 Å². The number of anilines is 1. The number of carbonyl (C=O) groups excluding carboxylic acids is 1. The molecule has 0 bridgehead atoms. The summed E-state index contributed by atoms with van der Waals surface area (Å²) in [5.74, 6) is -0.960. The number of piperazine rings is 1. The molecule has 0 aliphatic carbocycles. The van der Waals surface area contributed by atoms with Crippen LogP contribution in [0.4, 0.5) is 10.1 Å². The van der Waals surface area contributed by atoms with Crippen LogP contribution in [-0.2, 0) is 0 Å². The highest BCUT2D eigenvalue weighted by atomic mass is 19.1. The molecule has 1 heterocycles. The Hall–Kier alpha value is -1.66. The maximum atomic E-state index is 13.9. The zero-order valence-electron chi connectivity index (χ0n) is 11.2. The Balaban J connectivity index is 2.08. The zero-order chi connectivity index (χ0) is 14.0. The Labute approximate surface area is 112 Å². The van der Waals surface area contributed by atoms with Crippen LogP contribution in [0.25, 0.3) is 0 Å². The van der Waals surface area contributed by atoms with E-state index in [4.69, 9.17) is 5.73 Å². The van der Waals surface area contributed by atoms with Gasteiger partial charge in [-0.3, -0.25) is 10.2 Å². The third-order valence-electron chi connectivity index (χ3n) is 3.28. The minimum absolute atomic E-state index is 0.00331. The van der Waals surface area contributed by atoms with Crippen molar-refractivity contribution >= 4 is 11.6 Å². The topological polar surface area (TPSA) is 61.6 Å². The predicted octanol–water partition coefficient (Wildman–Crippen LogP) is 0.609. The third kappa shape index (κ3) is 3.21. The number of halogens is 1. The first-order valence-electron chi connectivity index (χ1n) is 6.27. The third-order valence-corrected chi connectivity index (χ3v) is 3.28. The van der Waals surface area contributed by atoms with Gasteiger partial charge in [0.1, 0.15) is 5.82 Å². The van der Waals surface area contributed by atoms with Crippen LogP contribution in [0.1, 0.15) is 15.9 Å². The normalized spacial score (nSPS) is 17.4. The lowest BCUT2D eigenvalue weighted by Gasteiger charge is -2.32. The van der Waals surface area contributed by atoms with E-state index in [2.05, 4.69) is 10.3 Å². The highest BCUT2D eigenvalue weighted by molar-refractivity contribution is 5.95. The van der Waals surface area contributed by atoms with Crippen LogP contribution < -0.4 is 11.2 Å². The summed E-state index contributed by atoms with van der Waals surface area (Å²) in [6.07, 6.45) is 0. The van der Waals surface area contributed by atoms with Crippen LogP contribution in [0, 0.1) is 12.7 Å². The van der Waals surface area contributed by atoms with Crippen molar-refractivity contribution in [2.75, 3.05) is 39.0 Å². The molecule has 104 valence electrons. The second-order valence-corrected chi connectivity index (χ2v) is 4.93. The van der Waals surface area contributed by atoms with Crippen LogP contribution in [0.3, 0.4) is 0 Å². The van der Waals surface area contributed by atoms with Crippen LogP contribution in [-0.4, -0.2) is 49.0 Å². The first kappa shape index (κ1) is 13.8. The van der Waals surface area contributed by atoms with E-state index < -0.39 is 11.7 Å². The van der Waals surface area contributed by atoms with Crippen molar-refractivity contribution in [1.82, 2.24) is 15.3 Å². The molecular formula is C13H19FN4O. The summed E-state index contributed by atoms with van der Waals surface area (Å²) in [5, 5.41) is 1.81. The van der Waals surface area contributed by atoms with Gasteiger partial charge in [-0.2, -0.15) is 0 Å². The van der Waals surface area contributed by atoms with E-state index in [1.54, 1.807) is 11.9 Å². The lowest BCUT2D eigenvalue weighted by Crippen LogP contribution is -2.52. The first-order valence-corrected chi connectivity index (χ1v) is 6.27. The number of rotatable bonds is 2. The van der Waals surface area contributed by atoms with E-state index >= 15 is 0 Å². The summed E-state index contributed by atoms with van der Waals surface area (Å²) in [7, 11) is 2.03. The van der Waals surface area contributed by atoms with Crippen LogP contribution in [0.15, 0.2) is 12.1 Å². The van der Waals surface area contributed by atoms with Gasteiger partial charge in [-0.15, -0.1) is 0 Å². The van der Waals surface area contributed by atoms with Gasteiger partial charge in [-0.25, -0.2) is 9.40 Å². The summed E-state index contributed by atoms with van der Waals surface area (Å²) in [6, 6.07) is 2.88. The average molecular weight is 266 g/mol. The number of hydrogen-bond donors (Lipinski definition) is 2. The van der Waals surface area contributed by atoms with Crippen molar-refractivity contribution in [3.63, 3.8) is 0 Å². The van der Waals surface area contributed by atoms with Crippen molar-refractivity contribution in [3.8, 4) is 0 Å². The van der Waals surface area contributed by atoms with Gasteiger partial charge in [0.25, 0.3) is 5.91 Å². The molecule has 2 rings (SSSR count). The number of hydrogen-bond acceptors (Lipinski definition) is 4. The molecule has 5 nitrogen and oxygen atoms in total. The number of likely N-dealkylation sites (N-methyl/N-ethyl adjacent to an activating group) is 1.